The average molecular weight is 341 g/mol. The van der Waals surface area contributed by atoms with Crippen LogP contribution in [0.4, 0.5) is 5.69 Å². The molecule has 1 heterocycles. The smallest absolute Gasteiger partial charge is 0.231 e. The van der Waals surface area contributed by atoms with Gasteiger partial charge in [-0.05, 0) is 31.0 Å². The summed E-state index contributed by atoms with van der Waals surface area (Å²) >= 11 is 0. The van der Waals surface area contributed by atoms with E-state index in [0.29, 0.717) is 17.2 Å². The Morgan fingerprint density at radius 2 is 1.76 bits per heavy atom. The highest BCUT2D eigenvalue weighted by Gasteiger charge is 2.31. The third-order valence-corrected chi connectivity index (χ3v) is 4.60. The molecule has 1 aliphatic rings. The van der Waals surface area contributed by atoms with Gasteiger partial charge in [0.05, 0.1) is 27.8 Å². The molecule has 0 saturated carbocycles. The first-order valence-corrected chi connectivity index (χ1v) is 8.28. The summed E-state index contributed by atoms with van der Waals surface area (Å²) in [5.74, 6) is 1.67. The van der Waals surface area contributed by atoms with E-state index >= 15 is 0 Å². The van der Waals surface area contributed by atoms with Crippen LogP contribution in [0, 0.1) is 0 Å². The van der Waals surface area contributed by atoms with Gasteiger partial charge in [0.2, 0.25) is 11.7 Å². The molecule has 0 aromatic heterocycles. The molecule has 1 atom stereocenters. The molecule has 0 spiro atoms. The summed E-state index contributed by atoms with van der Waals surface area (Å²) in [6.45, 7) is 2.07. The molecule has 0 radical (unpaired) electrons. The number of amides is 1. The van der Waals surface area contributed by atoms with Crippen LogP contribution in [0.25, 0.3) is 0 Å². The number of benzene rings is 2. The number of carbonyl (C=O) groups excluding carboxylic acids is 1. The number of carbonyl (C=O) groups is 1. The molecule has 3 rings (SSSR count). The van der Waals surface area contributed by atoms with E-state index in [1.807, 2.05) is 29.2 Å². The first-order chi connectivity index (χ1) is 12.1. The molecule has 25 heavy (non-hydrogen) atoms. The van der Waals surface area contributed by atoms with Gasteiger partial charge in [-0.3, -0.25) is 4.79 Å². The van der Waals surface area contributed by atoms with Crippen molar-refractivity contribution in [3.63, 3.8) is 0 Å². The average Bonchev–Trinajstić information content (AvgIpc) is 2.96. The van der Waals surface area contributed by atoms with Gasteiger partial charge < -0.3 is 19.1 Å². The molecule has 5 nitrogen and oxygen atoms in total. The fourth-order valence-electron chi connectivity index (χ4n) is 3.50. The van der Waals surface area contributed by atoms with Gasteiger partial charge in [0, 0.05) is 17.3 Å². The van der Waals surface area contributed by atoms with Crippen molar-refractivity contribution >= 4 is 11.6 Å². The summed E-state index contributed by atoms with van der Waals surface area (Å²) in [7, 11) is 4.70. The van der Waals surface area contributed by atoms with Crippen LogP contribution in [0.2, 0.25) is 0 Å². The van der Waals surface area contributed by atoms with Gasteiger partial charge >= 0.3 is 0 Å². The largest absolute Gasteiger partial charge is 0.493 e. The second kappa shape index (κ2) is 7.05. The van der Waals surface area contributed by atoms with Gasteiger partial charge in [0.1, 0.15) is 0 Å². The number of hydrogen-bond acceptors (Lipinski definition) is 4. The first-order valence-electron chi connectivity index (χ1n) is 8.28. The lowest BCUT2D eigenvalue weighted by Crippen LogP contribution is -2.36. The highest BCUT2D eigenvalue weighted by atomic mass is 16.5. The predicted octanol–water partition coefficient (Wildman–Crippen LogP) is 3.23. The number of fused-ring (bicyclic) bond motifs is 1. The van der Waals surface area contributed by atoms with E-state index in [0.717, 1.165) is 17.7 Å². The van der Waals surface area contributed by atoms with Gasteiger partial charge in [0.25, 0.3) is 0 Å². The van der Waals surface area contributed by atoms with Crippen LogP contribution in [0.3, 0.4) is 0 Å². The van der Waals surface area contributed by atoms with Crippen LogP contribution in [-0.4, -0.2) is 33.3 Å². The normalized spacial score (nSPS) is 15.7. The quantitative estimate of drug-likeness (QED) is 0.838. The molecule has 2 aromatic rings. The van der Waals surface area contributed by atoms with Gasteiger partial charge in [0.15, 0.2) is 11.5 Å². The van der Waals surface area contributed by atoms with E-state index in [1.54, 1.807) is 27.4 Å². The van der Waals surface area contributed by atoms with E-state index in [-0.39, 0.29) is 18.4 Å². The van der Waals surface area contributed by atoms with Crippen molar-refractivity contribution < 1.29 is 19.0 Å². The maximum Gasteiger partial charge on any atom is 0.231 e. The number of rotatable bonds is 5. The van der Waals surface area contributed by atoms with Gasteiger partial charge in [-0.15, -0.1) is 0 Å². The Balaban J connectivity index is 1.91. The maximum absolute atomic E-state index is 13.0. The lowest BCUT2D eigenvalue weighted by Gasteiger charge is -2.23. The highest BCUT2D eigenvalue weighted by molar-refractivity contribution is 5.97. The monoisotopic (exact) mass is 341 g/mol. The summed E-state index contributed by atoms with van der Waals surface area (Å²) in [6.07, 6.45) is 1.12. The molecule has 2 aromatic carbocycles. The van der Waals surface area contributed by atoms with Crippen LogP contribution in [0.5, 0.6) is 17.2 Å². The third kappa shape index (κ3) is 3.02. The summed E-state index contributed by atoms with van der Waals surface area (Å²) in [6, 6.07) is 11.9. The van der Waals surface area contributed by atoms with Crippen molar-refractivity contribution in [1.82, 2.24) is 0 Å². The van der Waals surface area contributed by atoms with Crippen LogP contribution in [0.1, 0.15) is 18.1 Å². The second-order valence-electron chi connectivity index (χ2n) is 6.12. The number of ether oxygens (including phenoxy) is 3. The fourth-order valence-corrected chi connectivity index (χ4v) is 3.50. The number of anilines is 1. The standard InChI is InChI=1S/C20H23NO4/c1-13-11-14-7-5-6-8-16(14)21(13)18(22)12-15-9-10-17(23-2)20(25-4)19(15)24-3/h5-10,13H,11-12H2,1-4H3/t13-/m1/s1. The van der Waals surface area contributed by atoms with Crippen LogP contribution >= 0.6 is 0 Å². The van der Waals surface area contributed by atoms with E-state index in [4.69, 9.17) is 14.2 Å². The Kier molecular flexibility index (Phi) is 4.83. The SMILES string of the molecule is COc1ccc(CC(=O)N2c3ccccc3C[C@H]2C)c(OC)c1OC. The van der Waals surface area contributed by atoms with E-state index in [9.17, 15) is 4.79 Å². The molecule has 1 amide bonds. The van der Waals surface area contributed by atoms with Crippen LogP contribution < -0.4 is 19.1 Å². The fraction of sp³-hybridized carbons (Fsp3) is 0.350. The molecule has 5 heteroatoms. The van der Waals surface area contributed by atoms with Crippen LogP contribution in [-0.2, 0) is 17.6 Å². The molecule has 0 bridgehead atoms. The zero-order valence-electron chi connectivity index (χ0n) is 15.0. The molecular formula is C20H23NO4. The van der Waals surface area contributed by atoms with Crippen molar-refractivity contribution in [3.8, 4) is 17.2 Å². The van der Waals surface area contributed by atoms with Gasteiger partial charge in [-0.25, -0.2) is 0 Å². The van der Waals surface area contributed by atoms with Crippen molar-refractivity contribution in [1.29, 1.82) is 0 Å². The Labute approximate surface area is 148 Å². The Morgan fingerprint density at radius 1 is 1.04 bits per heavy atom. The summed E-state index contributed by atoms with van der Waals surface area (Å²) in [5.41, 5.74) is 2.99. The summed E-state index contributed by atoms with van der Waals surface area (Å²) in [4.78, 5) is 14.9. The highest BCUT2D eigenvalue weighted by Crippen LogP contribution is 2.40. The molecule has 0 saturated heterocycles. The minimum Gasteiger partial charge on any atom is -0.493 e. The summed E-state index contributed by atoms with van der Waals surface area (Å²) < 4.78 is 16.2. The zero-order valence-corrected chi connectivity index (χ0v) is 15.0. The molecule has 0 fully saturated rings. The lowest BCUT2D eigenvalue weighted by atomic mass is 10.1. The van der Waals surface area contributed by atoms with E-state index in [1.165, 1.54) is 5.56 Å². The Morgan fingerprint density at radius 3 is 2.44 bits per heavy atom. The molecule has 0 unspecified atom stereocenters. The lowest BCUT2D eigenvalue weighted by molar-refractivity contribution is -0.118. The van der Waals surface area contributed by atoms with Crippen molar-refractivity contribution in [2.75, 3.05) is 26.2 Å². The molecule has 1 aliphatic heterocycles. The van der Waals surface area contributed by atoms with Crippen molar-refractivity contribution in [2.45, 2.75) is 25.8 Å². The Bertz CT molecular complexity index is 787. The minimum absolute atomic E-state index is 0.0444. The van der Waals surface area contributed by atoms with Gasteiger partial charge in [-0.1, -0.05) is 24.3 Å². The van der Waals surface area contributed by atoms with Crippen molar-refractivity contribution in [3.05, 3.63) is 47.5 Å². The number of hydrogen-bond donors (Lipinski definition) is 0. The predicted molar refractivity (Wildman–Crippen MR) is 96.9 cm³/mol. The minimum atomic E-state index is 0.0444. The van der Waals surface area contributed by atoms with Crippen molar-refractivity contribution in [2.24, 2.45) is 0 Å². The molecule has 0 aliphatic carbocycles. The van der Waals surface area contributed by atoms with E-state index in [2.05, 4.69) is 13.0 Å². The molecular weight excluding hydrogens is 318 g/mol. The van der Waals surface area contributed by atoms with Crippen LogP contribution in [0.15, 0.2) is 36.4 Å². The van der Waals surface area contributed by atoms with Gasteiger partial charge in [-0.2, -0.15) is 0 Å². The molecule has 0 N–H and O–H groups in total. The number of methoxy groups -OCH3 is 3. The maximum atomic E-state index is 13.0. The second-order valence-corrected chi connectivity index (χ2v) is 6.12. The third-order valence-electron chi connectivity index (χ3n) is 4.60. The first kappa shape index (κ1) is 17.1. The number of para-hydroxylation sites is 1. The van der Waals surface area contributed by atoms with E-state index < -0.39 is 0 Å². The topological polar surface area (TPSA) is 48.0 Å². The summed E-state index contributed by atoms with van der Waals surface area (Å²) in [5, 5.41) is 0. The zero-order chi connectivity index (χ0) is 18.0. The molecule has 132 valence electrons. The number of nitrogens with zero attached hydrogens (tertiary/aromatic N) is 1. The Hall–Kier alpha value is -2.69.